The third-order valence-electron chi connectivity index (χ3n) is 2.92. The van der Waals surface area contributed by atoms with Crippen LogP contribution in [0.1, 0.15) is 43.8 Å². The Morgan fingerprint density at radius 1 is 1.41 bits per heavy atom. The van der Waals surface area contributed by atoms with E-state index in [1.165, 1.54) is 19.2 Å². The second-order valence-corrected chi connectivity index (χ2v) is 5.68. The van der Waals surface area contributed by atoms with Gasteiger partial charge in [0.2, 0.25) is 0 Å². The Balaban J connectivity index is 2.17. The molecule has 1 atom stereocenters. The molecule has 1 unspecified atom stereocenters. The van der Waals surface area contributed by atoms with Crippen LogP contribution in [0.2, 0.25) is 0 Å². The van der Waals surface area contributed by atoms with Crippen molar-refractivity contribution in [2.24, 2.45) is 7.05 Å². The summed E-state index contributed by atoms with van der Waals surface area (Å²) in [6, 6.07) is 2.12. The summed E-state index contributed by atoms with van der Waals surface area (Å²) in [4.78, 5) is 38.7. The van der Waals surface area contributed by atoms with Crippen LogP contribution in [0.3, 0.4) is 0 Å². The van der Waals surface area contributed by atoms with E-state index >= 15 is 0 Å². The normalized spacial score (nSPS) is 12.0. The number of carboxylic acids is 1. The smallest absolute Gasteiger partial charge is 0.347 e. The summed E-state index contributed by atoms with van der Waals surface area (Å²) in [6.07, 6.45) is 0. The van der Waals surface area contributed by atoms with Crippen molar-refractivity contribution in [3.05, 3.63) is 43.8 Å². The Morgan fingerprint density at radius 3 is 2.64 bits per heavy atom. The highest BCUT2D eigenvalue weighted by molar-refractivity contribution is 7.13. The van der Waals surface area contributed by atoms with Gasteiger partial charge in [0.15, 0.2) is 0 Å². The van der Waals surface area contributed by atoms with Gasteiger partial charge >= 0.3 is 5.97 Å². The van der Waals surface area contributed by atoms with Gasteiger partial charge in [0.25, 0.3) is 11.5 Å². The number of rotatable bonds is 4. The van der Waals surface area contributed by atoms with Crippen LogP contribution < -0.4 is 10.9 Å². The lowest BCUT2D eigenvalue weighted by atomic mass is 10.3. The van der Waals surface area contributed by atoms with Crippen LogP contribution in [0, 0.1) is 6.92 Å². The van der Waals surface area contributed by atoms with Crippen molar-refractivity contribution in [2.45, 2.75) is 19.9 Å². The summed E-state index contributed by atoms with van der Waals surface area (Å²) in [6.45, 7) is 3.30. The minimum absolute atomic E-state index is 0.0979. The van der Waals surface area contributed by atoms with Crippen molar-refractivity contribution in [3.63, 3.8) is 0 Å². The molecule has 0 aliphatic rings. The molecule has 1 amide bonds. The summed E-state index contributed by atoms with van der Waals surface area (Å²) in [5.41, 5.74) is 0.195. The Bertz CT molecular complexity index is 796. The summed E-state index contributed by atoms with van der Waals surface area (Å²) >= 11 is 1.02. The molecule has 0 aromatic carbocycles. The molecular formula is C13H14N4O4S. The monoisotopic (exact) mass is 322 g/mol. The number of aromatic nitrogens is 3. The number of nitrogens with zero attached hydrogens (tertiary/aromatic N) is 3. The number of aryl methyl sites for hydroxylation is 2. The number of hydrogen-bond donors (Lipinski definition) is 2. The van der Waals surface area contributed by atoms with Gasteiger partial charge in [-0.2, -0.15) is 5.10 Å². The molecule has 116 valence electrons. The zero-order valence-electron chi connectivity index (χ0n) is 12.2. The molecule has 0 aliphatic carbocycles. The number of carbonyl (C=O) groups is 2. The highest BCUT2D eigenvalue weighted by Gasteiger charge is 2.20. The maximum absolute atomic E-state index is 12.1. The van der Waals surface area contributed by atoms with Gasteiger partial charge in [-0.25, -0.2) is 14.5 Å². The first-order valence-corrected chi connectivity index (χ1v) is 7.17. The number of hydrogen-bond acceptors (Lipinski definition) is 6. The number of thiazole rings is 1. The van der Waals surface area contributed by atoms with E-state index in [1.54, 1.807) is 13.8 Å². The lowest BCUT2D eigenvalue weighted by Gasteiger charge is -2.10. The lowest BCUT2D eigenvalue weighted by molar-refractivity contribution is 0.0701. The van der Waals surface area contributed by atoms with E-state index < -0.39 is 17.9 Å². The maximum Gasteiger partial charge on any atom is 0.347 e. The van der Waals surface area contributed by atoms with Crippen LogP contribution >= 0.6 is 11.3 Å². The standard InChI is InChI=1S/C13H14N4O4S/c1-6-10(13(20)21)22-12(15-6)7(2)14-11(19)8-4-5-9(18)17(3)16-8/h4-5,7H,1-3H3,(H,14,19)(H,20,21). The Morgan fingerprint density at radius 2 is 2.09 bits per heavy atom. The van der Waals surface area contributed by atoms with Crippen molar-refractivity contribution >= 4 is 23.2 Å². The third-order valence-corrected chi connectivity index (χ3v) is 4.25. The molecule has 0 spiro atoms. The lowest BCUT2D eigenvalue weighted by Crippen LogP contribution is -2.30. The first kappa shape index (κ1) is 15.8. The predicted octanol–water partition coefficient (Wildman–Crippen LogP) is 0.734. The maximum atomic E-state index is 12.1. The predicted molar refractivity (Wildman–Crippen MR) is 79.2 cm³/mol. The molecule has 9 heteroatoms. The summed E-state index contributed by atoms with van der Waals surface area (Å²) in [5, 5.41) is 16.0. The van der Waals surface area contributed by atoms with Gasteiger partial charge in [0.05, 0.1) is 11.7 Å². The van der Waals surface area contributed by atoms with Gasteiger partial charge in [-0.1, -0.05) is 0 Å². The van der Waals surface area contributed by atoms with E-state index in [4.69, 9.17) is 5.11 Å². The molecular weight excluding hydrogens is 308 g/mol. The number of carbonyl (C=O) groups excluding carboxylic acids is 1. The van der Waals surface area contributed by atoms with Gasteiger partial charge in [-0.15, -0.1) is 11.3 Å². The quantitative estimate of drug-likeness (QED) is 0.858. The number of nitrogens with one attached hydrogen (secondary N) is 1. The molecule has 0 aliphatic heterocycles. The first-order chi connectivity index (χ1) is 10.3. The third kappa shape index (κ3) is 3.19. The first-order valence-electron chi connectivity index (χ1n) is 6.35. The van der Waals surface area contributed by atoms with E-state index in [0.717, 1.165) is 16.0 Å². The van der Waals surface area contributed by atoms with Gasteiger partial charge in [-0.05, 0) is 19.9 Å². The van der Waals surface area contributed by atoms with Crippen LogP contribution in [-0.2, 0) is 7.05 Å². The van der Waals surface area contributed by atoms with Crippen molar-refractivity contribution in [2.75, 3.05) is 0 Å². The zero-order valence-corrected chi connectivity index (χ0v) is 13.0. The van der Waals surface area contributed by atoms with Crippen LogP contribution in [-0.4, -0.2) is 31.7 Å². The fourth-order valence-corrected chi connectivity index (χ4v) is 2.66. The SMILES string of the molecule is Cc1nc(C(C)NC(=O)c2ccc(=O)n(C)n2)sc1C(=O)O. The summed E-state index contributed by atoms with van der Waals surface area (Å²) in [7, 11) is 1.45. The molecule has 0 bridgehead atoms. The van der Waals surface area contributed by atoms with Crippen LogP contribution in [0.5, 0.6) is 0 Å². The molecule has 0 fully saturated rings. The van der Waals surface area contributed by atoms with Gasteiger partial charge in [0, 0.05) is 13.1 Å². The van der Waals surface area contributed by atoms with Crippen molar-refractivity contribution in [1.29, 1.82) is 0 Å². The molecule has 2 N–H and O–H groups in total. The Labute approximate surface area is 129 Å². The molecule has 0 saturated heterocycles. The minimum atomic E-state index is -1.04. The summed E-state index contributed by atoms with van der Waals surface area (Å²) in [5.74, 6) is -1.51. The molecule has 0 saturated carbocycles. The second-order valence-electron chi connectivity index (χ2n) is 4.65. The average molecular weight is 322 g/mol. The van der Waals surface area contributed by atoms with E-state index in [0.29, 0.717) is 10.7 Å². The highest BCUT2D eigenvalue weighted by atomic mass is 32.1. The minimum Gasteiger partial charge on any atom is -0.477 e. The molecule has 2 heterocycles. The van der Waals surface area contributed by atoms with Gasteiger partial charge in [0.1, 0.15) is 15.6 Å². The largest absolute Gasteiger partial charge is 0.477 e. The van der Waals surface area contributed by atoms with Gasteiger partial charge in [-0.3, -0.25) is 9.59 Å². The van der Waals surface area contributed by atoms with Crippen LogP contribution in [0.25, 0.3) is 0 Å². The van der Waals surface area contributed by atoms with Crippen LogP contribution in [0.15, 0.2) is 16.9 Å². The fourth-order valence-electron chi connectivity index (χ4n) is 1.76. The van der Waals surface area contributed by atoms with Crippen molar-refractivity contribution in [1.82, 2.24) is 20.1 Å². The molecule has 2 aromatic heterocycles. The number of aromatic carboxylic acids is 1. The van der Waals surface area contributed by atoms with Crippen LogP contribution in [0.4, 0.5) is 0 Å². The zero-order chi connectivity index (χ0) is 16.4. The molecule has 2 aromatic rings. The van der Waals surface area contributed by atoms with E-state index in [9.17, 15) is 14.4 Å². The Kier molecular flexibility index (Phi) is 4.36. The van der Waals surface area contributed by atoms with Crippen molar-refractivity contribution in [3.8, 4) is 0 Å². The van der Waals surface area contributed by atoms with Gasteiger partial charge < -0.3 is 10.4 Å². The number of carboxylic acid groups (broad SMARTS) is 1. The average Bonchev–Trinajstić information content (AvgIpc) is 2.84. The van der Waals surface area contributed by atoms with Crippen molar-refractivity contribution < 1.29 is 14.7 Å². The highest BCUT2D eigenvalue weighted by Crippen LogP contribution is 2.23. The molecule has 2 rings (SSSR count). The topological polar surface area (TPSA) is 114 Å². The molecule has 22 heavy (non-hydrogen) atoms. The second kappa shape index (κ2) is 6.06. The summed E-state index contributed by atoms with van der Waals surface area (Å²) < 4.78 is 1.07. The van der Waals surface area contributed by atoms with E-state index in [1.807, 2.05) is 0 Å². The number of amides is 1. The molecule has 0 radical (unpaired) electrons. The van der Waals surface area contributed by atoms with E-state index in [-0.39, 0.29) is 16.1 Å². The molecule has 8 nitrogen and oxygen atoms in total. The Hall–Kier alpha value is -2.55. The van der Waals surface area contributed by atoms with E-state index in [2.05, 4.69) is 15.4 Å². The fraction of sp³-hybridized carbons (Fsp3) is 0.308.